The Labute approximate surface area is 73.5 Å². The second-order valence-corrected chi connectivity index (χ2v) is 3.83. The molecule has 0 atom stereocenters. The summed E-state index contributed by atoms with van der Waals surface area (Å²) in [6.07, 6.45) is 0. The number of aromatic nitrogens is 3. The molecule has 1 aliphatic rings. The molecule has 0 saturated carbocycles. The van der Waals surface area contributed by atoms with E-state index in [0.29, 0.717) is 5.95 Å². The molecule has 12 heavy (non-hydrogen) atoms. The van der Waals surface area contributed by atoms with Crippen molar-refractivity contribution in [1.82, 2.24) is 15.2 Å². The number of nitrogens with one attached hydrogen (secondary N) is 2. The molecule has 2 N–H and O–H groups in total. The van der Waals surface area contributed by atoms with Crippen LogP contribution >= 0.6 is 11.8 Å². The minimum atomic E-state index is -0.233. The first kappa shape index (κ1) is 7.72. The summed E-state index contributed by atoms with van der Waals surface area (Å²) < 4.78 is 0. The maximum Gasteiger partial charge on any atom is 0.342 e. The zero-order chi connectivity index (χ0) is 8.39. The van der Waals surface area contributed by atoms with Gasteiger partial charge in [-0.15, -0.1) is 5.10 Å². The molecule has 0 aliphatic carbocycles. The molecule has 1 fully saturated rings. The van der Waals surface area contributed by atoms with E-state index in [4.69, 9.17) is 0 Å². The lowest BCUT2D eigenvalue weighted by atomic mass is 10.5. The quantitative estimate of drug-likeness (QED) is 0.629. The lowest BCUT2D eigenvalue weighted by Crippen LogP contribution is -2.33. The molecule has 0 spiro atoms. The van der Waals surface area contributed by atoms with Crippen LogP contribution in [0.25, 0.3) is 0 Å². The number of nitrogens with zero attached hydrogens (tertiary/aromatic N) is 2. The maximum atomic E-state index is 10.7. The van der Waals surface area contributed by atoms with Crippen molar-refractivity contribution in [3.8, 4) is 0 Å². The first-order valence-corrected chi connectivity index (χ1v) is 4.99. The molecular formula is C6H10N4OS. The summed E-state index contributed by atoms with van der Waals surface area (Å²) in [5.74, 6) is 2.88. The van der Waals surface area contributed by atoms with Crippen LogP contribution in [-0.4, -0.2) is 39.8 Å². The highest BCUT2D eigenvalue weighted by Crippen LogP contribution is 2.12. The number of hydrogen-bond acceptors (Lipinski definition) is 4. The Morgan fingerprint density at radius 1 is 1.42 bits per heavy atom. The fraction of sp³-hybridized carbons (Fsp3) is 0.667. The average Bonchev–Trinajstić information content (AvgIpc) is 2.54. The van der Waals surface area contributed by atoms with Crippen molar-refractivity contribution in [3.05, 3.63) is 10.5 Å². The molecule has 0 unspecified atom stereocenters. The molecule has 2 rings (SSSR count). The van der Waals surface area contributed by atoms with Gasteiger partial charge in [0.25, 0.3) is 0 Å². The van der Waals surface area contributed by atoms with E-state index in [0.717, 1.165) is 24.6 Å². The summed E-state index contributed by atoms with van der Waals surface area (Å²) in [6, 6.07) is 0. The molecule has 0 radical (unpaired) electrons. The summed E-state index contributed by atoms with van der Waals surface area (Å²) in [5, 5.41) is 6.22. The number of hydrogen-bond donors (Lipinski definition) is 2. The fourth-order valence-electron chi connectivity index (χ4n) is 1.19. The van der Waals surface area contributed by atoms with Gasteiger partial charge in [0, 0.05) is 24.6 Å². The molecule has 0 amide bonds. The summed E-state index contributed by atoms with van der Waals surface area (Å²) >= 11 is 1.93. The van der Waals surface area contributed by atoms with Gasteiger partial charge in [-0.05, 0) is 0 Å². The first-order valence-electron chi connectivity index (χ1n) is 3.83. The van der Waals surface area contributed by atoms with E-state index in [-0.39, 0.29) is 5.69 Å². The number of aromatic amines is 2. The van der Waals surface area contributed by atoms with E-state index < -0.39 is 0 Å². The zero-order valence-corrected chi connectivity index (χ0v) is 7.36. The Morgan fingerprint density at radius 3 is 2.75 bits per heavy atom. The summed E-state index contributed by atoms with van der Waals surface area (Å²) in [5.41, 5.74) is -0.233. The Morgan fingerprint density at radius 2 is 2.17 bits per heavy atom. The van der Waals surface area contributed by atoms with Crippen LogP contribution in [0.3, 0.4) is 0 Å². The second-order valence-electron chi connectivity index (χ2n) is 2.60. The standard InChI is InChI=1S/C6H10N4OS/c11-6-7-5(8-9-6)10-1-3-12-4-2-10/h1-4H2,(H2,7,8,9,11). The lowest BCUT2D eigenvalue weighted by Gasteiger charge is -2.24. The van der Waals surface area contributed by atoms with E-state index in [1.165, 1.54) is 0 Å². The van der Waals surface area contributed by atoms with Crippen molar-refractivity contribution in [3.63, 3.8) is 0 Å². The highest BCUT2D eigenvalue weighted by atomic mass is 32.2. The zero-order valence-electron chi connectivity index (χ0n) is 6.54. The Bertz CT molecular complexity index is 300. The minimum absolute atomic E-state index is 0.233. The normalized spacial score (nSPS) is 18.2. The largest absolute Gasteiger partial charge is 0.342 e. The summed E-state index contributed by atoms with van der Waals surface area (Å²) in [7, 11) is 0. The van der Waals surface area contributed by atoms with E-state index in [2.05, 4.69) is 20.1 Å². The third-order valence-corrected chi connectivity index (χ3v) is 2.74. The van der Waals surface area contributed by atoms with E-state index in [9.17, 15) is 4.79 Å². The third kappa shape index (κ3) is 1.47. The first-order chi connectivity index (χ1) is 5.86. The predicted molar refractivity (Wildman–Crippen MR) is 48.7 cm³/mol. The second kappa shape index (κ2) is 3.22. The Kier molecular flexibility index (Phi) is 2.07. The average molecular weight is 186 g/mol. The third-order valence-electron chi connectivity index (χ3n) is 1.80. The van der Waals surface area contributed by atoms with Crippen LogP contribution in [0.5, 0.6) is 0 Å². The lowest BCUT2D eigenvalue weighted by molar-refractivity contribution is 0.819. The molecule has 1 saturated heterocycles. The van der Waals surface area contributed by atoms with Crippen LogP contribution in [0.1, 0.15) is 0 Å². The maximum absolute atomic E-state index is 10.7. The van der Waals surface area contributed by atoms with Gasteiger partial charge in [0.1, 0.15) is 0 Å². The topological polar surface area (TPSA) is 64.8 Å². The highest BCUT2D eigenvalue weighted by molar-refractivity contribution is 7.99. The van der Waals surface area contributed by atoms with Gasteiger partial charge in [0.05, 0.1) is 0 Å². The van der Waals surface area contributed by atoms with Gasteiger partial charge in [-0.2, -0.15) is 11.8 Å². The summed E-state index contributed by atoms with van der Waals surface area (Å²) in [6.45, 7) is 1.93. The monoisotopic (exact) mass is 186 g/mol. The smallest absolute Gasteiger partial charge is 0.339 e. The van der Waals surface area contributed by atoms with E-state index >= 15 is 0 Å². The highest BCUT2D eigenvalue weighted by Gasteiger charge is 2.13. The fourth-order valence-corrected chi connectivity index (χ4v) is 2.09. The SMILES string of the molecule is O=c1[nH]nc(N2CCSCC2)[nH]1. The van der Waals surface area contributed by atoms with Crippen LogP contribution in [0.2, 0.25) is 0 Å². The van der Waals surface area contributed by atoms with Crippen molar-refractivity contribution in [2.24, 2.45) is 0 Å². The molecular weight excluding hydrogens is 176 g/mol. The van der Waals surface area contributed by atoms with Crippen molar-refractivity contribution >= 4 is 17.7 Å². The van der Waals surface area contributed by atoms with Crippen molar-refractivity contribution in [2.45, 2.75) is 0 Å². The molecule has 1 aliphatic heterocycles. The van der Waals surface area contributed by atoms with E-state index in [1.807, 2.05) is 11.8 Å². The number of rotatable bonds is 1. The number of anilines is 1. The minimum Gasteiger partial charge on any atom is -0.339 e. The van der Waals surface area contributed by atoms with Crippen molar-refractivity contribution in [1.29, 1.82) is 0 Å². The number of thioether (sulfide) groups is 1. The van der Waals surface area contributed by atoms with E-state index in [1.54, 1.807) is 0 Å². The Hall–Kier alpha value is -0.910. The van der Waals surface area contributed by atoms with Crippen molar-refractivity contribution in [2.75, 3.05) is 29.5 Å². The van der Waals surface area contributed by atoms with Gasteiger partial charge < -0.3 is 4.90 Å². The Balaban J connectivity index is 2.13. The van der Waals surface area contributed by atoms with Gasteiger partial charge in [-0.25, -0.2) is 9.89 Å². The van der Waals surface area contributed by atoms with Crippen LogP contribution in [0.15, 0.2) is 4.79 Å². The molecule has 0 bridgehead atoms. The predicted octanol–water partition coefficient (Wildman–Crippen LogP) is -0.349. The number of H-pyrrole nitrogens is 2. The van der Waals surface area contributed by atoms with Gasteiger partial charge >= 0.3 is 5.69 Å². The molecule has 2 heterocycles. The van der Waals surface area contributed by atoms with Crippen molar-refractivity contribution < 1.29 is 0 Å². The van der Waals surface area contributed by atoms with Crippen LogP contribution in [0, 0.1) is 0 Å². The molecule has 66 valence electrons. The van der Waals surface area contributed by atoms with Crippen LogP contribution < -0.4 is 10.6 Å². The van der Waals surface area contributed by atoms with Gasteiger partial charge in [-0.3, -0.25) is 4.98 Å². The van der Waals surface area contributed by atoms with Gasteiger partial charge in [0.15, 0.2) is 0 Å². The van der Waals surface area contributed by atoms with Crippen LogP contribution in [-0.2, 0) is 0 Å². The van der Waals surface area contributed by atoms with Gasteiger partial charge in [0.2, 0.25) is 5.95 Å². The van der Waals surface area contributed by atoms with Gasteiger partial charge in [-0.1, -0.05) is 0 Å². The molecule has 1 aromatic heterocycles. The molecule has 1 aromatic rings. The van der Waals surface area contributed by atoms with Crippen LogP contribution in [0.4, 0.5) is 5.95 Å². The molecule has 0 aromatic carbocycles. The molecule has 6 heteroatoms. The molecule has 5 nitrogen and oxygen atoms in total. The summed E-state index contributed by atoms with van der Waals surface area (Å²) in [4.78, 5) is 15.4.